The van der Waals surface area contributed by atoms with Crippen LogP contribution in [-0.2, 0) is 6.54 Å². The van der Waals surface area contributed by atoms with Gasteiger partial charge in [0.2, 0.25) is 0 Å². The predicted octanol–water partition coefficient (Wildman–Crippen LogP) is 2.56. The summed E-state index contributed by atoms with van der Waals surface area (Å²) in [4.78, 5) is 0. The summed E-state index contributed by atoms with van der Waals surface area (Å²) in [6, 6.07) is 12.7. The van der Waals surface area contributed by atoms with Crippen LogP contribution < -0.4 is 0 Å². The Balaban J connectivity index is 1.65. The highest BCUT2D eigenvalue weighted by atomic mass is 15.3. The number of hydrogen-bond acceptors (Lipinski definition) is 2. The molecule has 0 amide bonds. The van der Waals surface area contributed by atoms with Crippen molar-refractivity contribution in [2.75, 3.05) is 0 Å². The average Bonchev–Trinajstić information content (AvgIpc) is 2.98. The van der Waals surface area contributed by atoms with E-state index >= 15 is 0 Å². The lowest BCUT2D eigenvalue weighted by atomic mass is 10.1. The van der Waals surface area contributed by atoms with Crippen LogP contribution in [0, 0.1) is 17.2 Å². The third-order valence-electron chi connectivity index (χ3n) is 3.33. The standard InChI is InChI=1S/C14H13N3/c15-7-11-8-16-17(9-11)10-13-6-14(13)12-4-2-1-3-5-12/h1-5,8-9,13-14H,6,10H2/t13-,14-/m1/s1. The summed E-state index contributed by atoms with van der Waals surface area (Å²) in [5.41, 5.74) is 2.06. The molecule has 1 aliphatic rings. The molecule has 0 radical (unpaired) electrons. The predicted molar refractivity (Wildman–Crippen MR) is 64.2 cm³/mol. The van der Waals surface area contributed by atoms with Gasteiger partial charge in [0.05, 0.1) is 11.8 Å². The van der Waals surface area contributed by atoms with Gasteiger partial charge >= 0.3 is 0 Å². The van der Waals surface area contributed by atoms with Crippen LogP contribution in [0.4, 0.5) is 0 Å². The first-order chi connectivity index (χ1) is 8.36. The number of nitrogens with zero attached hydrogens (tertiary/aromatic N) is 3. The number of rotatable bonds is 3. The van der Waals surface area contributed by atoms with Crippen LogP contribution in [0.5, 0.6) is 0 Å². The van der Waals surface area contributed by atoms with Gasteiger partial charge in [-0.25, -0.2) is 0 Å². The molecule has 1 aromatic heterocycles. The maximum absolute atomic E-state index is 8.73. The molecule has 3 heteroatoms. The Kier molecular flexibility index (Phi) is 2.41. The van der Waals surface area contributed by atoms with Crippen molar-refractivity contribution < 1.29 is 0 Å². The minimum Gasteiger partial charge on any atom is -0.271 e. The van der Waals surface area contributed by atoms with Crippen molar-refractivity contribution >= 4 is 0 Å². The van der Waals surface area contributed by atoms with E-state index in [2.05, 4.69) is 35.4 Å². The van der Waals surface area contributed by atoms with Gasteiger partial charge in [0.15, 0.2) is 0 Å². The van der Waals surface area contributed by atoms with Crippen LogP contribution in [0.3, 0.4) is 0 Å². The van der Waals surface area contributed by atoms with Gasteiger partial charge in [-0.1, -0.05) is 30.3 Å². The van der Waals surface area contributed by atoms with Gasteiger partial charge in [-0.15, -0.1) is 0 Å². The van der Waals surface area contributed by atoms with Gasteiger partial charge in [-0.3, -0.25) is 4.68 Å². The molecule has 3 nitrogen and oxygen atoms in total. The summed E-state index contributed by atoms with van der Waals surface area (Å²) in [5, 5.41) is 12.9. The van der Waals surface area contributed by atoms with Gasteiger partial charge in [-0.05, 0) is 23.8 Å². The number of nitriles is 1. The monoisotopic (exact) mass is 223 g/mol. The minimum atomic E-state index is 0.641. The molecule has 84 valence electrons. The van der Waals surface area contributed by atoms with E-state index < -0.39 is 0 Å². The van der Waals surface area contributed by atoms with Crippen LogP contribution in [0.25, 0.3) is 0 Å². The van der Waals surface area contributed by atoms with Crippen LogP contribution >= 0.6 is 0 Å². The van der Waals surface area contributed by atoms with E-state index in [0.29, 0.717) is 17.4 Å². The number of hydrogen-bond donors (Lipinski definition) is 0. The van der Waals surface area contributed by atoms with E-state index in [1.165, 1.54) is 12.0 Å². The van der Waals surface area contributed by atoms with Crippen LogP contribution in [0.1, 0.15) is 23.5 Å². The molecule has 2 aromatic rings. The molecule has 0 N–H and O–H groups in total. The first-order valence-corrected chi connectivity index (χ1v) is 5.84. The van der Waals surface area contributed by atoms with Crippen molar-refractivity contribution in [1.29, 1.82) is 5.26 Å². The molecule has 3 rings (SSSR count). The van der Waals surface area contributed by atoms with Crippen LogP contribution in [0.2, 0.25) is 0 Å². The molecule has 1 saturated carbocycles. The van der Waals surface area contributed by atoms with Crippen molar-refractivity contribution in [3.8, 4) is 6.07 Å². The average molecular weight is 223 g/mol. The second kappa shape index (κ2) is 4.06. The second-order valence-corrected chi connectivity index (χ2v) is 4.58. The largest absolute Gasteiger partial charge is 0.271 e. The maximum Gasteiger partial charge on any atom is 0.102 e. The Hall–Kier alpha value is -2.08. The lowest BCUT2D eigenvalue weighted by Gasteiger charge is -2.01. The van der Waals surface area contributed by atoms with Crippen molar-refractivity contribution in [2.45, 2.75) is 18.9 Å². The Morgan fingerprint density at radius 3 is 2.88 bits per heavy atom. The van der Waals surface area contributed by atoms with E-state index in [-0.39, 0.29) is 0 Å². The number of aromatic nitrogens is 2. The Morgan fingerprint density at radius 1 is 1.35 bits per heavy atom. The summed E-state index contributed by atoms with van der Waals surface area (Å²) in [6.45, 7) is 0.918. The molecule has 1 heterocycles. The van der Waals surface area contributed by atoms with E-state index in [4.69, 9.17) is 5.26 Å². The molecule has 1 aliphatic carbocycles. The molecular formula is C14H13N3. The topological polar surface area (TPSA) is 41.6 Å². The fourth-order valence-corrected chi connectivity index (χ4v) is 2.32. The second-order valence-electron chi connectivity index (χ2n) is 4.58. The minimum absolute atomic E-state index is 0.641. The summed E-state index contributed by atoms with van der Waals surface area (Å²) in [7, 11) is 0. The molecule has 1 fully saturated rings. The zero-order chi connectivity index (χ0) is 11.7. The highest BCUT2D eigenvalue weighted by molar-refractivity contribution is 5.26. The van der Waals surface area contributed by atoms with E-state index in [9.17, 15) is 0 Å². The molecule has 1 aromatic carbocycles. The van der Waals surface area contributed by atoms with Crippen molar-refractivity contribution in [1.82, 2.24) is 9.78 Å². The maximum atomic E-state index is 8.73. The first-order valence-electron chi connectivity index (χ1n) is 5.84. The molecular weight excluding hydrogens is 210 g/mol. The fourth-order valence-electron chi connectivity index (χ4n) is 2.32. The highest BCUT2D eigenvalue weighted by Gasteiger charge is 2.38. The molecule has 0 spiro atoms. The smallest absolute Gasteiger partial charge is 0.102 e. The summed E-state index contributed by atoms with van der Waals surface area (Å²) in [5.74, 6) is 1.34. The highest BCUT2D eigenvalue weighted by Crippen LogP contribution is 2.48. The Bertz CT molecular complexity index is 550. The quantitative estimate of drug-likeness (QED) is 0.802. The summed E-state index contributed by atoms with van der Waals surface area (Å²) in [6.07, 6.45) is 4.67. The van der Waals surface area contributed by atoms with Gasteiger partial charge in [0.1, 0.15) is 6.07 Å². The molecule has 2 atom stereocenters. The SMILES string of the molecule is N#Cc1cnn(C[C@H]2C[C@@H]2c2ccccc2)c1. The van der Waals surface area contributed by atoms with Gasteiger partial charge in [-0.2, -0.15) is 10.4 Å². The first kappa shape index (κ1) is 10.1. The molecule has 17 heavy (non-hydrogen) atoms. The van der Waals surface area contributed by atoms with Crippen molar-refractivity contribution in [3.05, 3.63) is 53.9 Å². The van der Waals surface area contributed by atoms with E-state index in [0.717, 1.165) is 6.54 Å². The fraction of sp³-hybridized carbons (Fsp3) is 0.286. The van der Waals surface area contributed by atoms with Crippen LogP contribution in [-0.4, -0.2) is 9.78 Å². The molecule has 0 aliphatic heterocycles. The molecule has 0 saturated heterocycles. The lowest BCUT2D eigenvalue weighted by Crippen LogP contribution is -2.01. The van der Waals surface area contributed by atoms with Gasteiger partial charge in [0.25, 0.3) is 0 Å². The van der Waals surface area contributed by atoms with Crippen LogP contribution in [0.15, 0.2) is 42.7 Å². The lowest BCUT2D eigenvalue weighted by molar-refractivity contribution is 0.553. The van der Waals surface area contributed by atoms with Gasteiger partial charge < -0.3 is 0 Å². The Morgan fingerprint density at radius 2 is 2.18 bits per heavy atom. The van der Waals surface area contributed by atoms with Crippen molar-refractivity contribution in [2.24, 2.45) is 5.92 Å². The van der Waals surface area contributed by atoms with E-state index in [1.54, 1.807) is 6.20 Å². The van der Waals surface area contributed by atoms with Gasteiger partial charge in [0, 0.05) is 12.7 Å². The van der Waals surface area contributed by atoms with Crippen molar-refractivity contribution in [3.63, 3.8) is 0 Å². The summed E-state index contributed by atoms with van der Waals surface area (Å²) >= 11 is 0. The zero-order valence-corrected chi connectivity index (χ0v) is 9.45. The normalized spacial score (nSPS) is 22.1. The summed E-state index contributed by atoms with van der Waals surface area (Å²) < 4.78 is 1.88. The van der Waals surface area contributed by atoms with E-state index in [1.807, 2.05) is 16.9 Å². The zero-order valence-electron chi connectivity index (χ0n) is 9.45. The Labute approximate surface area is 100 Å². The number of benzene rings is 1. The third kappa shape index (κ3) is 2.07. The molecule has 0 bridgehead atoms. The molecule has 0 unspecified atom stereocenters. The third-order valence-corrected chi connectivity index (χ3v) is 3.33.